The maximum absolute atomic E-state index is 9.84. The lowest BCUT2D eigenvalue weighted by Gasteiger charge is -2.22. The Labute approximate surface area is 122 Å². The zero-order chi connectivity index (χ0) is 15.2. The van der Waals surface area contributed by atoms with E-state index in [4.69, 9.17) is 9.47 Å². The van der Waals surface area contributed by atoms with Gasteiger partial charge in [-0.15, -0.1) is 0 Å². The van der Waals surface area contributed by atoms with Gasteiger partial charge in [0.2, 0.25) is 0 Å². The molecule has 0 spiro atoms. The summed E-state index contributed by atoms with van der Waals surface area (Å²) in [7, 11) is 0. The van der Waals surface area contributed by atoms with Crippen molar-refractivity contribution in [1.29, 1.82) is 0 Å². The predicted molar refractivity (Wildman–Crippen MR) is 82.4 cm³/mol. The van der Waals surface area contributed by atoms with E-state index in [0.717, 1.165) is 11.4 Å². The Kier molecular flexibility index (Phi) is 6.30. The molecule has 0 heterocycles. The van der Waals surface area contributed by atoms with Crippen LogP contribution in [-0.2, 0) is 4.74 Å². The quantitative estimate of drug-likeness (QED) is 0.806. The smallest absolute Gasteiger partial charge is 0.119 e. The van der Waals surface area contributed by atoms with Crippen molar-refractivity contribution in [3.05, 3.63) is 24.3 Å². The van der Waals surface area contributed by atoms with E-state index < -0.39 is 6.10 Å². The molecule has 20 heavy (non-hydrogen) atoms. The van der Waals surface area contributed by atoms with Gasteiger partial charge in [0.05, 0.1) is 24.4 Å². The van der Waals surface area contributed by atoms with E-state index in [9.17, 15) is 5.11 Å². The Morgan fingerprint density at radius 2 is 1.75 bits per heavy atom. The van der Waals surface area contributed by atoms with Crippen LogP contribution in [-0.4, -0.2) is 36.1 Å². The summed E-state index contributed by atoms with van der Waals surface area (Å²) in [4.78, 5) is 0. The molecule has 0 bridgehead atoms. The molecular formula is C16H27NO3. The molecule has 1 rings (SSSR count). The first kappa shape index (κ1) is 16.8. The molecule has 2 N–H and O–H groups in total. The van der Waals surface area contributed by atoms with Gasteiger partial charge in [-0.25, -0.2) is 0 Å². The summed E-state index contributed by atoms with van der Waals surface area (Å²) in [6.07, 6.45) is -0.356. The molecule has 0 aromatic heterocycles. The summed E-state index contributed by atoms with van der Waals surface area (Å²) in [5.41, 5.74) is 0.729. The minimum absolute atomic E-state index is 0.171. The summed E-state index contributed by atoms with van der Waals surface area (Å²) in [5.74, 6) is 0.849. The van der Waals surface area contributed by atoms with Gasteiger partial charge in [-0.1, -0.05) is 0 Å². The topological polar surface area (TPSA) is 50.7 Å². The Hall–Kier alpha value is -1.26. The SMILES string of the molecule is CC(C)Oc1ccc(NCC(O)COC(C)(C)C)cc1. The summed E-state index contributed by atoms with van der Waals surface area (Å²) in [6, 6.07) is 7.71. The zero-order valence-electron chi connectivity index (χ0n) is 13.1. The van der Waals surface area contributed by atoms with E-state index in [2.05, 4.69) is 5.32 Å². The molecule has 0 aliphatic rings. The summed E-state index contributed by atoms with van der Waals surface area (Å²) in [6.45, 7) is 10.7. The molecule has 1 aromatic rings. The fourth-order valence-electron chi connectivity index (χ4n) is 1.56. The van der Waals surface area contributed by atoms with Gasteiger partial charge in [-0.05, 0) is 58.9 Å². The fraction of sp³-hybridized carbons (Fsp3) is 0.625. The minimum Gasteiger partial charge on any atom is -0.491 e. The van der Waals surface area contributed by atoms with E-state index in [1.165, 1.54) is 0 Å². The van der Waals surface area contributed by atoms with Crippen molar-refractivity contribution in [3.8, 4) is 5.75 Å². The maximum Gasteiger partial charge on any atom is 0.119 e. The highest BCUT2D eigenvalue weighted by atomic mass is 16.5. The van der Waals surface area contributed by atoms with Gasteiger partial charge in [-0.3, -0.25) is 0 Å². The van der Waals surface area contributed by atoms with Crippen LogP contribution in [0.3, 0.4) is 0 Å². The molecule has 4 nitrogen and oxygen atoms in total. The molecule has 1 aromatic carbocycles. The Morgan fingerprint density at radius 3 is 2.25 bits per heavy atom. The average Bonchev–Trinajstić information content (AvgIpc) is 2.34. The monoisotopic (exact) mass is 281 g/mol. The van der Waals surface area contributed by atoms with Crippen LogP contribution in [0.25, 0.3) is 0 Å². The van der Waals surface area contributed by atoms with Crippen molar-refractivity contribution < 1.29 is 14.6 Å². The van der Waals surface area contributed by atoms with Crippen molar-refractivity contribution in [2.75, 3.05) is 18.5 Å². The number of ether oxygens (including phenoxy) is 2. The Morgan fingerprint density at radius 1 is 1.15 bits per heavy atom. The van der Waals surface area contributed by atoms with Gasteiger partial charge in [0.1, 0.15) is 5.75 Å². The number of benzene rings is 1. The van der Waals surface area contributed by atoms with E-state index in [1.54, 1.807) is 0 Å². The number of hydrogen-bond acceptors (Lipinski definition) is 4. The third-order valence-electron chi connectivity index (χ3n) is 2.48. The van der Waals surface area contributed by atoms with E-state index in [0.29, 0.717) is 13.2 Å². The number of aliphatic hydroxyl groups is 1. The van der Waals surface area contributed by atoms with Gasteiger partial charge in [-0.2, -0.15) is 0 Å². The van der Waals surface area contributed by atoms with Crippen molar-refractivity contribution in [2.24, 2.45) is 0 Å². The molecule has 0 aliphatic carbocycles. The van der Waals surface area contributed by atoms with E-state index >= 15 is 0 Å². The molecular weight excluding hydrogens is 254 g/mol. The van der Waals surface area contributed by atoms with E-state index in [-0.39, 0.29) is 11.7 Å². The van der Waals surface area contributed by atoms with Crippen molar-refractivity contribution in [1.82, 2.24) is 0 Å². The van der Waals surface area contributed by atoms with Crippen LogP contribution in [0.1, 0.15) is 34.6 Å². The summed E-state index contributed by atoms with van der Waals surface area (Å²) in [5, 5.41) is 13.0. The standard InChI is InChI=1S/C16H27NO3/c1-12(2)20-15-8-6-13(7-9-15)17-10-14(18)11-19-16(3,4)5/h6-9,12,14,17-18H,10-11H2,1-5H3. The lowest BCUT2D eigenvalue weighted by Crippen LogP contribution is -2.30. The van der Waals surface area contributed by atoms with Crippen LogP contribution in [0.4, 0.5) is 5.69 Å². The molecule has 0 saturated heterocycles. The van der Waals surface area contributed by atoms with Crippen molar-refractivity contribution >= 4 is 5.69 Å². The van der Waals surface area contributed by atoms with Gasteiger partial charge in [0.25, 0.3) is 0 Å². The van der Waals surface area contributed by atoms with Gasteiger partial charge in [0.15, 0.2) is 0 Å². The summed E-state index contributed by atoms with van der Waals surface area (Å²) >= 11 is 0. The third-order valence-corrected chi connectivity index (χ3v) is 2.48. The van der Waals surface area contributed by atoms with Crippen LogP contribution in [0.5, 0.6) is 5.75 Å². The second-order valence-electron chi connectivity index (χ2n) is 6.15. The summed E-state index contributed by atoms with van der Waals surface area (Å²) < 4.78 is 11.1. The number of anilines is 1. The predicted octanol–water partition coefficient (Wildman–Crippen LogP) is 3.06. The fourth-order valence-corrected chi connectivity index (χ4v) is 1.56. The van der Waals surface area contributed by atoms with Crippen LogP contribution in [0.15, 0.2) is 24.3 Å². The number of hydrogen-bond donors (Lipinski definition) is 2. The minimum atomic E-state index is -0.527. The van der Waals surface area contributed by atoms with Crippen LogP contribution < -0.4 is 10.1 Å². The lowest BCUT2D eigenvalue weighted by molar-refractivity contribution is -0.0449. The highest BCUT2D eigenvalue weighted by molar-refractivity contribution is 5.46. The normalized spacial score (nSPS) is 13.3. The first-order valence-corrected chi connectivity index (χ1v) is 7.09. The number of aliphatic hydroxyl groups excluding tert-OH is 1. The molecule has 0 fully saturated rings. The number of nitrogens with one attached hydrogen (secondary N) is 1. The zero-order valence-corrected chi connectivity index (χ0v) is 13.1. The first-order valence-electron chi connectivity index (χ1n) is 7.09. The molecule has 114 valence electrons. The average molecular weight is 281 g/mol. The first-order chi connectivity index (χ1) is 9.26. The molecule has 0 aliphatic heterocycles. The molecule has 0 amide bonds. The molecule has 1 unspecified atom stereocenters. The Bertz CT molecular complexity index is 382. The largest absolute Gasteiger partial charge is 0.491 e. The van der Waals surface area contributed by atoms with Crippen LogP contribution >= 0.6 is 0 Å². The van der Waals surface area contributed by atoms with Gasteiger partial charge < -0.3 is 19.9 Å². The van der Waals surface area contributed by atoms with Gasteiger partial charge in [0, 0.05) is 12.2 Å². The number of rotatable bonds is 7. The molecule has 4 heteroatoms. The molecule has 0 saturated carbocycles. The highest BCUT2D eigenvalue weighted by Gasteiger charge is 2.13. The molecule has 1 atom stereocenters. The lowest BCUT2D eigenvalue weighted by atomic mass is 10.2. The van der Waals surface area contributed by atoms with Gasteiger partial charge >= 0.3 is 0 Å². The van der Waals surface area contributed by atoms with E-state index in [1.807, 2.05) is 58.9 Å². The second-order valence-corrected chi connectivity index (χ2v) is 6.15. The third kappa shape index (κ3) is 7.36. The van der Waals surface area contributed by atoms with Crippen molar-refractivity contribution in [3.63, 3.8) is 0 Å². The Balaban J connectivity index is 2.34. The van der Waals surface area contributed by atoms with Crippen molar-refractivity contribution in [2.45, 2.75) is 52.4 Å². The van der Waals surface area contributed by atoms with Crippen LogP contribution in [0.2, 0.25) is 0 Å². The van der Waals surface area contributed by atoms with Crippen LogP contribution in [0, 0.1) is 0 Å². The maximum atomic E-state index is 9.84. The highest BCUT2D eigenvalue weighted by Crippen LogP contribution is 2.17. The second kappa shape index (κ2) is 7.50. The molecule has 0 radical (unpaired) electrons.